The highest BCUT2D eigenvalue weighted by molar-refractivity contribution is 8.00. The average molecular weight is 270 g/mol. The number of nitrogens with one attached hydrogen (secondary N) is 1. The molecule has 2 heterocycles. The predicted molar refractivity (Wildman–Crippen MR) is 82.4 cm³/mol. The van der Waals surface area contributed by atoms with E-state index in [1.165, 1.54) is 58.2 Å². The van der Waals surface area contributed by atoms with E-state index < -0.39 is 0 Å². The first-order valence-corrected chi connectivity index (χ1v) is 8.98. The van der Waals surface area contributed by atoms with Crippen molar-refractivity contribution in [2.24, 2.45) is 0 Å². The van der Waals surface area contributed by atoms with Crippen LogP contribution in [0.15, 0.2) is 0 Å². The maximum Gasteiger partial charge on any atom is 0.0276 e. The second-order valence-corrected chi connectivity index (χ2v) is 7.30. The lowest BCUT2D eigenvalue weighted by atomic mass is 9.96. The Bertz CT molecular complexity index is 245. The molecule has 2 nitrogen and oxygen atoms in total. The van der Waals surface area contributed by atoms with Crippen LogP contribution in [0, 0.1) is 0 Å². The summed E-state index contributed by atoms with van der Waals surface area (Å²) in [6, 6.07) is 1.66. The third-order valence-electron chi connectivity index (χ3n) is 5.26. The molecule has 0 aromatic carbocycles. The van der Waals surface area contributed by atoms with Gasteiger partial charge in [0.1, 0.15) is 0 Å². The molecule has 2 aliphatic rings. The maximum atomic E-state index is 3.88. The summed E-state index contributed by atoms with van der Waals surface area (Å²) in [5, 5.41) is 3.88. The summed E-state index contributed by atoms with van der Waals surface area (Å²) in [5.74, 6) is 0. The van der Waals surface area contributed by atoms with Gasteiger partial charge in [-0.1, -0.05) is 13.8 Å². The van der Waals surface area contributed by atoms with E-state index in [0.29, 0.717) is 4.75 Å². The van der Waals surface area contributed by atoms with Gasteiger partial charge < -0.3 is 10.2 Å². The zero-order valence-electron chi connectivity index (χ0n) is 12.4. The largest absolute Gasteiger partial charge is 0.312 e. The molecule has 2 saturated heterocycles. The summed E-state index contributed by atoms with van der Waals surface area (Å²) in [7, 11) is 0. The predicted octanol–water partition coefficient (Wildman–Crippen LogP) is 3.12. The lowest BCUT2D eigenvalue weighted by molar-refractivity contribution is 0.165. The fraction of sp³-hybridized carbons (Fsp3) is 1.00. The van der Waals surface area contributed by atoms with Gasteiger partial charge in [-0.05, 0) is 57.9 Å². The molecule has 18 heavy (non-hydrogen) atoms. The van der Waals surface area contributed by atoms with Gasteiger partial charge in [0.15, 0.2) is 0 Å². The van der Waals surface area contributed by atoms with Gasteiger partial charge in [0.2, 0.25) is 0 Å². The van der Waals surface area contributed by atoms with E-state index in [2.05, 4.69) is 42.1 Å². The smallest absolute Gasteiger partial charge is 0.0276 e. The number of piperidine rings is 1. The summed E-state index contributed by atoms with van der Waals surface area (Å²) in [6.45, 7) is 8.55. The Hall–Kier alpha value is 0.270. The SMILES string of the molecule is CCC(CC)(CNC1CCN2CCCC2C1)SC. The van der Waals surface area contributed by atoms with Crippen LogP contribution >= 0.6 is 11.8 Å². The van der Waals surface area contributed by atoms with E-state index >= 15 is 0 Å². The van der Waals surface area contributed by atoms with Gasteiger partial charge in [-0.15, -0.1) is 0 Å². The Balaban J connectivity index is 1.79. The van der Waals surface area contributed by atoms with Crippen molar-refractivity contribution in [2.45, 2.75) is 69.2 Å². The lowest BCUT2D eigenvalue weighted by Crippen LogP contribution is -2.49. The van der Waals surface area contributed by atoms with Gasteiger partial charge in [-0.2, -0.15) is 11.8 Å². The van der Waals surface area contributed by atoms with Crippen LogP contribution in [0.5, 0.6) is 0 Å². The summed E-state index contributed by atoms with van der Waals surface area (Å²) < 4.78 is 0.465. The highest BCUT2D eigenvalue weighted by atomic mass is 32.2. The molecule has 1 N–H and O–H groups in total. The minimum absolute atomic E-state index is 0.465. The number of hydrogen-bond acceptors (Lipinski definition) is 3. The molecule has 2 rings (SSSR count). The first-order chi connectivity index (χ1) is 8.73. The molecule has 0 aromatic rings. The van der Waals surface area contributed by atoms with Gasteiger partial charge in [-0.25, -0.2) is 0 Å². The Morgan fingerprint density at radius 3 is 2.67 bits per heavy atom. The summed E-state index contributed by atoms with van der Waals surface area (Å²) in [6.07, 6.45) is 10.4. The minimum Gasteiger partial charge on any atom is -0.312 e. The van der Waals surface area contributed by atoms with Crippen molar-refractivity contribution < 1.29 is 0 Å². The van der Waals surface area contributed by atoms with Crippen molar-refractivity contribution in [3.8, 4) is 0 Å². The molecule has 2 aliphatic heterocycles. The topological polar surface area (TPSA) is 15.3 Å². The Morgan fingerprint density at radius 2 is 2.00 bits per heavy atom. The fourth-order valence-corrected chi connectivity index (χ4v) is 4.41. The third kappa shape index (κ3) is 3.23. The number of rotatable bonds is 6. The van der Waals surface area contributed by atoms with Crippen molar-refractivity contribution in [3.63, 3.8) is 0 Å². The van der Waals surface area contributed by atoms with Crippen molar-refractivity contribution in [1.29, 1.82) is 0 Å². The first kappa shape index (κ1) is 14.7. The molecule has 0 radical (unpaired) electrons. The quantitative estimate of drug-likeness (QED) is 0.798. The molecule has 2 atom stereocenters. The summed E-state index contributed by atoms with van der Waals surface area (Å²) in [5.41, 5.74) is 0. The van der Waals surface area contributed by atoms with Crippen LogP contribution in [-0.4, -0.2) is 47.6 Å². The Kier molecular flexibility index (Phi) is 5.40. The molecule has 2 unspecified atom stereocenters. The van der Waals surface area contributed by atoms with Gasteiger partial charge >= 0.3 is 0 Å². The van der Waals surface area contributed by atoms with E-state index in [-0.39, 0.29) is 0 Å². The van der Waals surface area contributed by atoms with Gasteiger partial charge in [0, 0.05) is 23.4 Å². The van der Waals surface area contributed by atoms with Crippen LogP contribution < -0.4 is 5.32 Å². The highest BCUT2D eigenvalue weighted by Gasteiger charge is 2.33. The highest BCUT2D eigenvalue weighted by Crippen LogP contribution is 2.31. The second kappa shape index (κ2) is 6.62. The van der Waals surface area contributed by atoms with Crippen molar-refractivity contribution in [1.82, 2.24) is 10.2 Å². The van der Waals surface area contributed by atoms with E-state index in [1.807, 2.05) is 0 Å². The third-order valence-corrected chi connectivity index (χ3v) is 6.84. The van der Waals surface area contributed by atoms with Crippen molar-refractivity contribution in [2.75, 3.05) is 25.9 Å². The maximum absolute atomic E-state index is 3.88. The van der Waals surface area contributed by atoms with Gasteiger partial charge in [0.25, 0.3) is 0 Å². The molecule has 106 valence electrons. The zero-order valence-corrected chi connectivity index (χ0v) is 13.2. The van der Waals surface area contributed by atoms with E-state index in [4.69, 9.17) is 0 Å². The lowest BCUT2D eigenvalue weighted by Gasteiger charge is -2.38. The van der Waals surface area contributed by atoms with Crippen LogP contribution in [0.3, 0.4) is 0 Å². The minimum atomic E-state index is 0.465. The van der Waals surface area contributed by atoms with Gasteiger partial charge in [-0.3, -0.25) is 0 Å². The molecule has 2 fully saturated rings. The number of fused-ring (bicyclic) bond motifs is 1. The van der Waals surface area contributed by atoms with Crippen LogP contribution in [0.25, 0.3) is 0 Å². The number of nitrogens with zero attached hydrogens (tertiary/aromatic N) is 1. The zero-order chi connectivity index (χ0) is 13.0. The molecule has 0 bridgehead atoms. The van der Waals surface area contributed by atoms with E-state index in [9.17, 15) is 0 Å². The molecule has 3 heteroatoms. The standard InChI is InChI=1S/C15H30N2S/c1-4-15(5-2,18-3)12-16-13-8-10-17-9-6-7-14(17)11-13/h13-14,16H,4-12H2,1-3H3. The van der Waals surface area contributed by atoms with E-state index in [1.54, 1.807) is 0 Å². The van der Waals surface area contributed by atoms with E-state index in [0.717, 1.165) is 12.1 Å². The Labute approximate surface area is 117 Å². The monoisotopic (exact) mass is 270 g/mol. The summed E-state index contributed by atoms with van der Waals surface area (Å²) >= 11 is 2.05. The number of thioether (sulfide) groups is 1. The molecule has 0 spiro atoms. The van der Waals surface area contributed by atoms with Crippen molar-refractivity contribution in [3.05, 3.63) is 0 Å². The second-order valence-electron chi connectivity index (χ2n) is 6.03. The molecular weight excluding hydrogens is 240 g/mol. The van der Waals surface area contributed by atoms with Crippen LogP contribution in [-0.2, 0) is 0 Å². The average Bonchev–Trinajstić information content (AvgIpc) is 2.88. The Morgan fingerprint density at radius 1 is 1.22 bits per heavy atom. The van der Waals surface area contributed by atoms with Crippen LogP contribution in [0.4, 0.5) is 0 Å². The molecular formula is C15H30N2S. The van der Waals surface area contributed by atoms with Gasteiger partial charge in [0.05, 0.1) is 0 Å². The molecule has 0 amide bonds. The molecule has 0 saturated carbocycles. The number of hydrogen-bond donors (Lipinski definition) is 1. The summed E-state index contributed by atoms with van der Waals surface area (Å²) in [4.78, 5) is 2.71. The first-order valence-electron chi connectivity index (χ1n) is 7.75. The van der Waals surface area contributed by atoms with Crippen molar-refractivity contribution >= 4 is 11.8 Å². The van der Waals surface area contributed by atoms with Crippen LogP contribution in [0.2, 0.25) is 0 Å². The molecule has 0 aromatic heterocycles. The molecule has 0 aliphatic carbocycles. The van der Waals surface area contributed by atoms with Crippen LogP contribution in [0.1, 0.15) is 52.4 Å². The fourth-order valence-electron chi connectivity index (χ4n) is 3.60. The normalized spacial score (nSPS) is 29.5.